The summed E-state index contributed by atoms with van der Waals surface area (Å²) < 4.78 is 0. The first-order valence-corrected chi connectivity index (χ1v) is 8.01. The largest absolute Gasteiger partial charge is 0.465 e. The van der Waals surface area contributed by atoms with E-state index in [9.17, 15) is 19.8 Å². The highest BCUT2D eigenvalue weighted by Gasteiger charge is 2.46. The average Bonchev–Trinajstić information content (AvgIpc) is 2.96. The number of aliphatic hydroxyl groups is 1. The Morgan fingerprint density at radius 1 is 1.35 bits per heavy atom. The van der Waals surface area contributed by atoms with Crippen LogP contribution in [0.3, 0.4) is 0 Å². The molecule has 2 atom stereocenters. The molecule has 1 fully saturated rings. The van der Waals surface area contributed by atoms with Crippen molar-refractivity contribution in [3.05, 3.63) is 34.4 Å². The van der Waals surface area contributed by atoms with Gasteiger partial charge in [-0.2, -0.15) is 0 Å². The van der Waals surface area contributed by atoms with Crippen LogP contribution in [0.15, 0.2) is 12.1 Å². The first kappa shape index (κ1) is 15.8. The lowest BCUT2D eigenvalue weighted by molar-refractivity contribution is 0.0592. The molecule has 2 aliphatic rings. The molecule has 0 saturated carbocycles. The molecule has 2 heterocycles. The summed E-state index contributed by atoms with van der Waals surface area (Å²) in [6, 6.07) is 3.89. The van der Waals surface area contributed by atoms with E-state index in [2.05, 4.69) is 13.0 Å². The molecule has 23 heavy (non-hydrogen) atoms. The highest BCUT2D eigenvalue weighted by atomic mass is 16.4. The number of carbonyl (C=O) groups excluding carboxylic acids is 1. The third-order valence-corrected chi connectivity index (χ3v) is 5.01. The number of rotatable bonds is 3. The standard InChI is InChI=1S/C17H22N2O4/c1-3-11-6-10(2)15-12(7-11)13-8-18(17(22)23)9-14(13)19(4-5-20)16(15)21/h6-7,13-14,20H,3-5,8-9H2,1-2H3,(H,22,23). The number of hydrogen-bond donors (Lipinski definition) is 2. The van der Waals surface area contributed by atoms with Crippen LogP contribution in [0.2, 0.25) is 0 Å². The van der Waals surface area contributed by atoms with Gasteiger partial charge in [0, 0.05) is 31.1 Å². The fourth-order valence-electron chi connectivity index (χ4n) is 3.91. The molecule has 1 aromatic carbocycles. The second-order valence-electron chi connectivity index (χ2n) is 6.31. The SMILES string of the molecule is CCc1cc(C)c2c(c1)C1CN(C(=O)O)CC1N(CCO)C2=O. The van der Waals surface area contributed by atoms with Crippen molar-refractivity contribution in [2.45, 2.75) is 32.2 Å². The van der Waals surface area contributed by atoms with Crippen LogP contribution in [0.4, 0.5) is 4.79 Å². The Morgan fingerprint density at radius 3 is 2.70 bits per heavy atom. The molecule has 124 valence electrons. The summed E-state index contributed by atoms with van der Waals surface area (Å²) in [4.78, 5) is 27.3. The summed E-state index contributed by atoms with van der Waals surface area (Å²) in [5, 5.41) is 18.6. The van der Waals surface area contributed by atoms with Gasteiger partial charge in [0.05, 0.1) is 12.6 Å². The van der Waals surface area contributed by atoms with Crippen LogP contribution < -0.4 is 0 Å². The molecule has 1 aromatic rings. The number of β-amino-alcohol motifs (C(OH)–C–C–N with tert-alkyl or cyclic N) is 1. The average molecular weight is 318 g/mol. The van der Waals surface area contributed by atoms with Crippen LogP contribution in [-0.2, 0) is 6.42 Å². The van der Waals surface area contributed by atoms with Gasteiger partial charge in [-0.25, -0.2) is 4.79 Å². The maximum absolute atomic E-state index is 12.9. The second kappa shape index (κ2) is 5.85. The van der Waals surface area contributed by atoms with Crippen molar-refractivity contribution in [2.75, 3.05) is 26.2 Å². The minimum absolute atomic E-state index is 0.0180. The number of benzene rings is 1. The number of carboxylic acid groups (broad SMARTS) is 1. The number of nitrogens with zero attached hydrogens (tertiary/aromatic N) is 2. The zero-order valence-electron chi connectivity index (χ0n) is 13.5. The monoisotopic (exact) mass is 318 g/mol. The van der Waals surface area contributed by atoms with Crippen LogP contribution >= 0.6 is 0 Å². The Morgan fingerprint density at radius 2 is 2.09 bits per heavy atom. The van der Waals surface area contributed by atoms with Crippen LogP contribution in [0.1, 0.15) is 39.9 Å². The van der Waals surface area contributed by atoms with Gasteiger partial charge in [-0.1, -0.05) is 19.1 Å². The molecule has 0 spiro atoms. The van der Waals surface area contributed by atoms with Gasteiger partial charge >= 0.3 is 6.09 Å². The van der Waals surface area contributed by atoms with Crippen LogP contribution in [0, 0.1) is 6.92 Å². The minimum Gasteiger partial charge on any atom is -0.465 e. The third-order valence-electron chi connectivity index (χ3n) is 5.01. The van der Waals surface area contributed by atoms with E-state index in [4.69, 9.17) is 0 Å². The zero-order chi connectivity index (χ0) is 16.7. The molecular weight excluding hydrogens is 296 g/mol. The predicted octanol–water partition coefficient (Wildman–Crippen LogP) is 1.45. The van der Waals surface area contributed by atoms with Crippen molar-refractivity contribution < 1.29 is 19.8 Å². The Balaban J connectivity index is 2.11. The number of fused-ring (bicyclic) bond motifs is 3. The topological polar surface area (TPSA) is 81.1 Å². The number of amides is 2. The van der Waals surface area contributed by atoms with E-state index in [0.29, 0.717) is 18.7 Å². The number of aryl methyl sites for hydroxylation is 2. The molecule has 0 aliphatic carbocycles. The maximum atomic E-state index is 12.9. The number of carbonyl (C=O) groups is 2. The Hall–Kier alpha value is -2.08. The lowest BCUT2D eigenvalue weighted by Gasteiger charge is -2.38. The van der Waals surface area contributed by atoms with Gasteiger partial charge in [-0.15, -0.1) is 0 Å². The Bertz CT molecular complexity index is 658. The summed E-state index contributed by atoms with van der Waals surface area (Å²) >= 11 is 0. The van der Waals surface area contributed by atoms with Crippen molar-refractivity contribution in [1.29, 1.82) is 0 Å². The van der Waals surface area contributed by atoms with Crippen molar-refractivity contribution in [1.82, 2.24) is 9.80 Å². The highest BCUT2D eigenvalue weighted by Crippen LogP contribution is 2.40. The number of aliphatic hydroxyl groups excluding tert-OH is 1. The summed E-state index contributed by atoms with van der Waals surface area (Å²) in [5.74, 6) is -0.113. The molecule has 2 aliphatic heterocycles. The molecule has 0 aromatic heterocycles. The molecule has 6 nitrogen and oxygen atoms in total. The van der Waals surface area contributed by atoms with Gasteiger partial charge in [0.15, 0.2) is 0 Å². The van der Waals surface area contributed by atoms with E-state index >= 15 is 0 Å². The van der Waals surface area contributed by atoms with Crippen LogP contribution in [0.25, 0.3) is 0 Å². The molecule has 6 heteroatoms. The van der Waals surface area contributed by atoms with Crippen molar-refractivity contribution in [2.24, 2.45) is 0 Å². The number of hydrogen-bond acceptors (Lipinski definition) is 3. The van der Waals surface area contributed by atoms with E-state index in [1.165, 1.54) is 4.90 Å². The maximum Gasteiger partial charge on any atom is 0.407 e. The Kier molecular flexibility index (Phi) is 4.02. The van der Waals surface area contributed by atoms with Gasteiger partial charge in [-0.3, -0.25) is 4.79 Å². The third kappa shape index (κ3) is 2.47. The second-order valence-corrected chi connectivity index (χ2v) is 6.31. The summed E-state index contributed by atoms with van der Waals surface area (Å²) in [7, 11) is 0. The summed E-state index contributed by atoms with van der Waals surface area (Å²) in [6.45, 7) is 4.82. The van der Waals surface area contributed by atoms with Crippen LogP contribution in [0.5, 0.6) is 0 Å². The molecule has 3 rings (SSSR count). The number of likely N-dealkylation sites (tertiary alicyclic amines) is 1. The molecule has 2 unspecified atom stereocenters. The van der Waals surface area contributed by atoms with Crippen molar-refractivity contribution >= 4 is 12.0 Å². The smallest absolute Gasteiger partial charge is 0.407 e. The summed E-state index contributed by atoms with van der Waals surface area (Å²) in [6.07, 6.45) is -0.0800. The molecule has 2 N–H and O–H groups in total. The normalized spacial score (nSPS) is 23.0. The van der Waals surface area contributed by atoms with Crippen LogP contribution in [-0.4, -0.2) is 64.3 Å². The minimum atomic E-state index is -0.958. The van der Waals surface area contributed by atoms with E-state index in [1.807, 2.05) is 13.0 Å². The molecule has 0 bridgehead atoms. The van der Waals surface area contributed by atoms with Crippen molar-refractivity contribution in [3.8, 4) is 0 Å². The van der Waals surface area contributed by atoms with Gasteiger partial charge in [0.25, 0.3) is 5.91 Å². The van der Waals surface area contributed by atoms with Gasteiger partial charge in [0.1, 0.15) is 0 Å². The van der Waals surface area contributed by atoms with E-state index in [1.54, 1.807) is 4.90 Å². The predicted molar refractivity (Wildman–Crippen MR) is 84.8 cm³/mol. The van der Waals surface area contributed by atoms with Gasteiger partial charge in [0.2, 0.25) is 0 Å². The highest BCUT2D eigenvalue weighted by molar-refractivity contribution is 5.99. The Labute approximate surface area is 135 Å². The molecule has 1 saturated heterocycles. The first-order chi connectivity index (χ1) is 11.0. The van der Waals surface area contributed by atoms with Gasteiger partial charge < -0.3 is 20.0 Å². The van der Waals surface area contributed by atoms with Crippen molar-refractivity contribution in [3.63, 3.8) is 0 Å². The first-order valence-electron chi connectivity index (χ1n) is 8.01. The molecular formula is C17H22N2O4. The van der Waals surface area contributed by atoms with E-state index in [-0.39, 0.29) is 31.0 Å². The van der Waals surface area contributed by atoms with E-state index < -0.39 is 6.09 Å². The van der Waals surface area contributed by atoms with E-state index in [0.717, 1.165) is 23.1 Å². The quantitative estimate of drug-likeness (QED) is 0.884. The summed E-state index contributed by atoms with van der Waals surface area (Å²) in [5.41, 5.74) is 3.75. The molecule has 0 radical (unpaired) electrons. The molecule has 2 amide bonds. The lowest BCUT2D eigenvalue weighted by atomic mass is 9.81. The fraction of sp³-hybridized carbons (Fsp3) is 0.529. The van der Waals surface area contributed by atoms with Gasteiger partial charge in [-0.05, 0) is 30.0 Å². The zero-order valence-corrected chi connectivity index (χ0v) is 13.5. The lowest BCUT2D eigenvalue weighted by Crippen LogP contribution is -2.49. The fourth-order valence-corrected chi connectivity index (χ4v) is 3.91.